The first-order valence-electron chi connectivity index (χ1n) is 7.07. The van der Waals surface area contributed by atoms with Crippen LogP contribution in [0.15, 0.2) is 35.5 Å². The lowest BCUT2D eigenvalue weighted by Gasteiger charge is -2.28. The average Bonchev–Trinajstić information content (AvgIpc) is 2.75. The van der Waals surface area contributed by atoms with Crippen molar-refractivity contribution in [1.82, 2.24) is 9.58 Å². The SMILES string of the molecule is Cc1cc(C)c(S(=O)(=O)O)c(C)c1[N+]1(N)C=Cc2cccnc21. The van der Waals surface area contributed by atoms with Crippen molar-refractivity contribution in [3.63, 3.8) is 0 Å². The normalized spacial score (nSPS) is 19.9. The highest BCUT2D eigenvalue weighted by atomic mass is 32.2. The predicted octanol–water partition coefficient (Wildman–Crippen LogP) is 2.75. The molecule has 0 bridgehead atoms. The van der Waals surface area contributed by atoms with Crippen LogP contribution < -0.4 is 10.4 Å². The molecule has 1 aliphatic rings. The van der Waals surface area contributed by atoms with E-state index in [9.17, 15) is 13.0 Å². The number of hydrogen-bond donors (Lipinski definition) is 2. The highest BCUT2D eigenvalue weighted by molar-refractivity contribution is 7.86. The van der Waals surface area contributed by atoms with Crippen LogP contribution in [0.1, 0.15) is 22.3 Å². The number of rotatable bonds is 2. The van der Waals surface area contributed by atoms with E-state index in [0.717, 1.165) is 11.1 Å². The fourth-order valence-corrected chi connectivity index (χ4v) is 4.37. The van der Waals surface area contributed by atoms with E-state index >= 15 is 0 Å². The van der Waals surface area contributed by atoms with E-state index in [-0.39, 0.29) is 9.49 Å². The van der Waals surface area contributed by atoms with E-state index in [1.807, 2.05) is 25.1 Å². The van der Waals surface area contributed by atoms with Crippen molar-refractivity contribution < 1.29 is 13.0 Å². The quantitative estimate of drug-likeness (QED) is 0.501. The summed E-state index contributed by atoms with van der Waals surface area (Å²) in [5.41, 5.74) is 3.22. The molecule has 1 aliphatic heterocycles. The number of aryl methyl sites for hydroxylation is 2. The van der Waals surface area contributed by atoms with Gasteiger partial charge in [-0.25, -0.2) is 4.98 Å². The first-order valence-corrected chi connectivity index (χ1v) is 8.51. The maximum atomic E-state index is 11.8. The Kier molecular flexibility index (Phi) is 3.42. The summed E-state index contributed by atoms with van der Waals surface area (Å²) in [6, 6.07) is 5.43. The molecule has 0 saturated carbocycles. The molecule has 1 unspecified atom stereocenters. The Bertz CT molecular complexity index is 951. The Morgan fingerprint density at radius 3 is 2.57 bits per heavy atom. The predicted molar refractivity (Wildman–Crippen MR) is 89.4 cm³/mol. The molecule has 0 saturated heterocycles. The summed E-state index contributed by atoms with van der Waals surface area (Å²) >= 11 is 0. The van der Waals surface area contributed by atoms with E-state index in [1.165, 1.54) is 0 Å². The molecular formula is C16H18N3O3S+. The first-order chi connectivity index (χ1) is 10.7. The van der Waals surface area contributed by atoms with Gasteiger partial charge in [0.25, 0.3) is 15.9 Å². The van der Waals surface area contributed by atoms with Crippen LogP contribution in [-0.4, -0.2) is 18.0 Å². The van der Waals surface area contributed by atoms with Crippen LogP contribution in [-0.2, 0) is 10.1 Å². The Morgan fingerprint density at radius 2 is 1.91 bits per heavy atom. The lowest BCUT2D eigenvalue weighted by Crippen LogP contribution is -2.46. The zero-order valence-electron chi connectivity index (χ0n) is 13.1. The Balaban J connectivity index is 2.37. The van der Waals surface area contributed by atoms with Gasteiger partial charge in [0.05, 0.1) is 5.56 Å². The molecule has 3 N–H and O–H groups in total. The molecule has 0 spiro atoms. The number of nitrogens with zero attached hydrogens (tertiary/aromatic N) is 2. The minimum atomic E-state index is -4.35. The standard InChI is InChI=1S/C16H17N3O3S/c1-10-9-11(2)15(23(20,21)22)12(3)14(10)19(17)8-6-13-5-4-7-18-16(13)19/h4-9H,17H2,1-3H3/p+1. The zero-order chi connectivity index (χ0) is 17.0. The van der Waals surface area contributed by atoms with Gasteiger partial charge in [-0.1, -0.05) is 0 Å². The van der Waals surface area contributed by atoms with Gasteiger partial charge in [0.2, 0.25) is 0 Å². The summed E-state index contributed by atoms with van der Waals surface area (Å²) in [5, 5.41) is 0. The summed E-state index contributed by atoms with van der Waals surface area (Å²) in [7, 11) is -4.35. The van der Waals surface area contributed by atoms with Gasteiger partial charge in [-0.05, 0) is 44.5 Å². The number of benzene rings is 1. The molecule has 2 aromatic rings. The zero-order valence-corrected chi connectivity index (χ0v) is 13.9. The third-order valence-electron chi connectivity index (χ3n) is 4.15. The minimum Gasteiger partial charge on any atom is -0.282 e. The molecule has 7 heteroatoms. The summed E-state index contributed by atoms with van der Waals surface area (Å²) in [6.07, 6.45) is 5.26. The smallest absolute Gasteiger partial charge is 0.282 e. The summed E-state index contributed by atoms with van der Waals surface area (Å²) in [5.74, 6) is 7.18. The minimum absolute atomic E-state index is 0.0983. The van der Waals surface area contributed by atoms with Gasteiger partial charge in [-0.3, -0.25) is 4.55 Å². The Morgan fingerprint density at radius 1 is 1.22 bits per heavy atom. The number of hydrogen-bond acceptors (Lipinski definition) is 4. The number of nitrogens with two attached hydrogens (primary N) is 1. The maximum absolute atomic E-state index is 11.8. The average molecular weight is 332 g/mol. The Hall–Kier alpha value is -2.06. The molecule has 3 rings (SSSR count). The van der Waals surface area contributed by atoms with Crippen LogP contribution in [0.4, 0.5) is 11.5 Å². The second kappa shape index (κ2) is 4.97. The molecule has 1 aromatic heterocycles. The third-order valence-corrected chi connectivity index (χ3v) is 5.29. The van der Waals surface area contributed by atoms with Crippen LogP contribution in [0.3, 0.4) is 0 Å². The monoisotopic (exact) mass is 332 g/mol. The summed E-state index contributed by atoms with van der Waals surface area (Å²) in [6.45, 7) is 5.17. The number of quaternary nitrogens is 1. The lowest BCUT2D eigenvalue weighted by atomic mass is 10.0. The largest absolute Gasteiger partial charge is 0.295 e. The van der Waals surface area contributed by atoms with E-state index in [1.54, 1.807) is 32.3 Å². The van der Waals surface area contributed by atoms with Crippen molar-refractivity contribution in [1.29, 1.82) is 0 Å². The van der Waals surface area contributed by atoms with Crippen molar-refractivity contribution in [2.75, 3.05) is 0 Å². The number of aromatic nitrogens is 1. The third kappa shape index (κ3) is 2.29. The molecule has 6 nitrogen and oxygen atoms in total. The van der Waals surface area contributed by atoms with Crippen molar-refractivity contribution in [2.45, 2.75) is 25.7 Å². The highest BCUT2D eigenvalue weighted by Crippen LogP contribution is 2.43. The summed E-state index contributed by atoms with van der Waals surface area (Å²) in [4.78, 5) is 4.26. The van der Waals surface area contributed by atoms with Gasteiger partial charge in [0.1, 0.15) is 11.1 Å². The highest BCUT2D eigenvalue weighted by Gasteiger charge is 2.40. The maximum Gasteiger partial charge on any atom is 0.295 e. The summed E-state index contributed by atoms with van der Waals surface area (Å²) < 4.78 is 32.9. The molecule has 1 atom stereocenters. The molecular weight excluding hydrogens is 314 g/mol. The second-order valence-electron chi connectivity index (χ2n) is 5.80. The molecule has 23 heavy (non-hydrogen) atoms. The molecule has 0 fully saturated rings. The van der Waals surface area contributed by atoms with E-state index in [4.69, 9.17) is 5.84 Å². The molecule has 0 aliphatic carbocycles. The topological polar surface area (TPSA) is 93.3 Å². The van der Waals surface area contributed by atoms with Crippen molar-refractivity contribution in [2.24, 2.45) is 5.84 Å². The van der Waals surface area contributed by atoms with Crippen LogP contribution in [0.5, 0.6) is 0 Å². The number of fused-ring (bicyclic) bond motifs is 1. The van der Waals surface area contributed by atoms with Crippen LogP contribution in [0.2, 0.25) is 0 Å². The molecule has 0 radical (unpaired) electrons. The van der Waals surface area contributed by atoms with Crippen LogP contribution >= 0.6 is 0 Å². The molecule has 1 aromatic carbocycles. The first kappa shape index (κ1) is 15.8. The van der Waals surface area contributed by atoms with E-state index in [2.05, 4.69) is 4.98 Å². The van der Waals surface area contributed by atoms with Crippen molar-refractivity contribution in [3.8, 4) is 0 Å². The van der Waals surface area contributed by atoms with Gasteiger partial charge in [-0.15, -0.1) is 4.59 Å². The van der Waals surface area contributed by atoms with Gasteiger partial charge in [0.15, 0.2) is 5.69 Å². The second-order valence-corrected chi connectivity index (χ2v) is 7.16. The molecule has 120 valence electrons. The van der Waals surface area contributed by atoms with Crippen molar-refractivity contribution >= 4 is 27.7 Å². The van der Waals surface area contributed by atoms with Gasteiger partial charge in [-0.2, -0.15) is 14.3 Å². The van der Waals surface area contributed by atoms with E-state index < -0.39 is 10.1 Å². The fourth-order valence-electron chi connectivity index (χ4n) is 3.42. The number of pyridine rings is 1. The fraction of sp³-hybridized carbons (Fsp3) is 0.188. The van der Waals surface area contributed by atoms with Crippen LogP contribution in [0.25, 0.3) is 6.08 Å². The van der Waals surface area contributed by atoms with Gasteiger partial charge >= 0.3 is 0 Å². The van der Waals surface area contributed by atoms with Crippen LogP contribution in [0, 0.1) is 20.8 Å². The van der Waals surface area contributed by atoms with Gasteiger partial charge < -0.3 is 0 Å². The Labute approximate surface area is 135 Å². The molecule has 2 heterocycles. The van der Waals surface area contributed by atoms with E-state index in [0.29, 0.717) is 22.6 Å². The lowest BCUT2D eigenvalue weighted by molar-refractivity contribution is 0.480. The van der Waals surface area contributed by atoms with Gasteiger partial charge in [0, 0.05) is 23.4 Å². The van der Waals surface area contributed by atoms with Crippen molar-refractivity contribution in [3.05, 3.63) is 52.8 Å². The molecule has 0 amide bonds.